The summed E-state index contributed by atoms with van der Waals surface area (Å²) in [5.41, 5.74) is -0.0612. The summed E-state index contributed by atoms with van der Waals surface area (Å²) >= 11 is 12.6. The van der Waals surface area contributed by atoms with Gasteiger partial charge in [-0.3, -0.25) is 24.6 Å². The molecule has 11 heteroatoms. The molecule has 1 N–H and O–H groups in total. The van der Waals surface area contributed by atoms with Crippen LogP contribution >= 0.6 is 35.2 Å². The Balaban J connectivity index is 1.82. The zero-order valence-corrected chi connectivity index (χ0v) is 17.5. The molecule has 1 aromatic heterocycles. The fraction of sp³-hybridized carbons (Fsp3) is 0.353. The van der Waals surface area contributed by atoms with Crippen molar-refractivity contribution >= 4 is 69.2 Å². The Labute approximate surface area is 176 Å². The molecule has 3 heterocycles. The zero-order valence-electron chi connectivity index (χ0n) is 15.1. The van der Waals surface area contributed by atoms with Crippen LogP contribution in [0.5, 0.6) is 0 Å². The van der Waals surface area contributed by atoms with Gasteiger partial charge in [-0.2, -0.15) is 0 Å². The predicted octanol–water partition coefficient (Wildman–Crippen LogP) is 1.28. The molecule has 2 aliphatic heterocycles. The average Bonchev–Trinajstić information content (AvgIpc) is 3.02. The fourth-order valence-electron chi connectivity index (χ4n) is 2.86. The molecule has 0 aromatic carbocycles. The van der Waals surface area contributed by atoms with Crippen molar-refractivity contribution in [2.75, 3.05) is 37.6 Å². The molecule has 2 fully saturated rings. The molecule has 0 atom stereocenters. The first-order chi connectivity index (χ1) is 13.3. The highest BCUT2D eigenvalue weighted by Crippen LogP contribution is 2.32. The van der Waals surface area contributed by atoms with Gasteiger partial charge in [0.15, 0.2) is 10.2 Å². The molecule has 148 valence electrons. The van der Waals surface area contributed by atoms with Crippen molar-refractivity contribution in [1.29, 1.82) is 0 Å². The fourth-order valence-corrected chi connectivity index (χ4v) is 4.36. The van der Waals surface area contributed by atoms with Crippen molar-refractivity contribution < 1.29 is 14.4 Å². The molecule has 8 nitrogen and oxygen atoms in total. The van der Waals surface area contributed by atoms with Crippen molar-refractivity contribution in [3.8, 4) is 0 Å². The number of aromatic nitrogens is 1. The molecule has 0 aliphatic carbocycles. The number of carbonyl (C=O) groups is 3. The van der Waals surface area contributed by atoms with Gasteiger partial charge in [0.25, 0.3) is 11.8 Å². The number of nitrogens with zero attached hydrogens (tertiary/aromatic N) is 4. The van der Waals surface area contributed by atoms with E-state index in [4.69, 9.17) is 23.8 Å². The Bertz CT molecular complexity index is 889. The van der Waals surface area contributed by atoms with E-state index >= 15 is 0 Å². The summed E-state index contributed by atoms with van der Waals surface area (Å²) in [5, 5.41) is 3.44. The molecule has 0 saturated carbocycles. The highest BCUT2D eigenvalue weighted by atomic mass is 35.5. The average molecular weight is 440 g/mol. The van der Waals surface area contributed by atoms with Gasteiger partial charge in [-0.15, -0.1) is 6.58 Å². The van der Waals surface area contributed by atoms with Gasteiger partial charge in [-0.1, -0.05) is 29.0 Å². The van der Waals surface area contributed by atoms with Crippen molar-refractivity contribution in [3.05, 3.63) is 28.3 Å². The number of thiocarbonyl (C=S) groups is 1. The maximum atomic E-state index is 12.6. The summed E-state index contributed by atoms with van der Waals surface area (Å²) in [6, 6.07) is 0. The van der Waals surface area contributed by atoms with Gasteiger partial charge in [0.1, 0.15) is 10.7 Å². The van der Waals surface area contributed by atoms with Gasteiger partial charge in [0, 0.05) is 39.6 Å². The number of hydrogen-bond acceptors (Lipinski definition) is 7. The summed E-state index contributed by atoms with van der Waals surface area (Å²) in [6.07, 6.45) is 2.96. The molecule has 0 spiro atoms. The molecule has 2 saturated heterocycles. The number of nitrogens with one attached hydrogen (secondary N) is 1. The third kappa shape index (κ3) is 4.08. The molecule has 3 rings (SSSR count). The summed E-state index contributed by atoms with van der Waals surface area (Å²) in [6.45, 7) is 7.83. The minimum absolute atomic E-state index is 0.0473. The van der Waals surface area contributed by atoms with Crippen molar-refractivity contribution in [1.82, 2.24) is 20.1 Å². The maximum Gasteiger partial charge on any atom is 0.265 e. The molecule has 28 heavy (non-hydrogen) atoms. The van der Waals surface area contributed by atoms with E-state index in [0.29, 0.717) is 36.2 Å². The largest absolute Gasteiger partial charge is 0.344 e. The number of rotatable bonds is 4. The van der Waals surface area contributed by atoms with Crippen LogP contribution in [0.2, 0.25) is 5.15 Å². The Morgan fingerprint density at radius 3 is 2.64 bits per heavy atom. The lowest BCUT2D eigenvalue weighted by atomic mass is 10.1. The Morgan fingerprint density at radius 2 is 2.04 bits per heavy atom. The summed E-state index contributed by atoms with van der Waals surface area (Å²) in [7, 11) is 0. The standard InChI is InChI=1S/C17H18ClN5O3S2/c1-3-4-23-15(26)11(14(25)20-16(23)27)9-12-13(18)19-17(28-12)22-7-5-21(6-8-22)10(2)24/h3,9H,1,4-8H2,2H3,(H,20,25,27). The van der Waals surface area contributed by atoms with Gasteiger partial charge in [0.05, 0.1) is 4.88 Å². The van der Waals surface area contributed by atoms with Gasteiger partial charge in [0.2, 0.25) is 5.91 Å². The monoisotopic (exact) mass is 439 g/mol. The minimum atomic E-state index is -0.573. The van der Waals surface area contributed by atoms with Crippen LogP contribution < -0.4 is 10.2 Å². The number of anilines is 1. The number of amides is 3. The Morgan fingerprint density at radius 1 is 1.36 bits per heavy atom. The molecule has 2 aliphatic rings. The van der Waals surface area contributed by atoms with E-state index in [-0.39, 0.29) is 28.3 Å². The van der Waals surface area contributed by atoms with Crippen LogP contribution in [0.15, 0.2) is 18.2 Å². The SMILES string of the molecule is C=CCN1C(=O)C(=Cc2sc(N3CCN(C(C)=O)CC3)nc2Cl)C(=O)NC1=S. The van der Waals surface area contributed by atoms with Crippen LogP contribution in [0, 0.1) is 0 Å². The number of carbonyl (C=O) groups excluding carboxylic acids is 3. The predicted molar refractivity (Wildman–Crippen MR) is 112 cm³/mol. The maximum absolute atomic E-state index is 12.6. The normalized spacial score (nSPS) is 19.3. The first-order valence-corrected chi connectivity index (χ1v) is 10.1. The first kappa shape index (κ1) is 20.4. The lowest BCUT2D eigenvalue weighted by Crippen LogP contribution is -2.53. The summed E-state index contributed by atoms with van der Waals surface area (Å²) in [5.74, 6) is -1.03. The second-order valence-electron chi connectivity index (χ2n) is 6.17. The number of thiazole rings is 1. The topological polar surface area (TPSA) is 85.9 Å². The van der Waals surface area contributed by atoms with Crippen LogP contribution in [-0.2, 0) is 14.4 Å². The van der Waals surface area contributed by atoms with E-state index < -0.39 is 11.8 Å². The van der Waals surface area contributed by atoms with E-state index in [1.807, 2.05) is 4.90 Å². The van der Waals surface area contributed by atoms with Gasteiger partial charge in [-0.25, -0.2) is 4.98 Å². The van der Waals surface area contributed by atoms with E-state index in [9.17, 15) is 14.4 Å². The Kier molecular flexibility index (Phi) is 6.11. The van der Waals surface area contributed by atoms with E-state index in [0.717, 1.165) is 0 Å². The van der Waals surface area contributed by atoms with Gasteiger partial charge < -0.3 is 9.80 Å². The summed E-state index contributed by atoms with van der Waals surface area (Å²) < 4.78 is 0. The lowest BCUT2D eigenvalue weighted by Gasteiger charge is -2.33. The zero-order chi connectivity index (χ0) is 20.4. The third-order valence-corrected chi connectivity index (χ3v) is 6.15. The van der Waals surface area contributed by atoms with Crippen LogP contribution in [0.3, 0.4) is 0 Å². The number of halogens is 1. The quantitative estimate of drug-likeness (QED) is 0.329. The van der Waals surface area contributed by atoms with E-state index in [1.54, 1.807) is 11.8 Å². The molecule has 0 radical (unpaired) electrons. The Hall–Kier alpha value is -2.30. The van der Waals surface area contributed by atoms with E-state index in [2.05, 4.69) is 16.9 Å². The summed E-state index contributed by atoms with van der Waals surface area (Å²) in [4.78, 5) is 46.2. The van der Waals surface area contributed by atoms with Crippen molar-refractivity contribution in [2.24, 2.45) is 0 Å². The third-order valence-electron chi connectivity index (χ3n) is 4.37. The van der Waals surface area contributed by atoms with Crippen LogP contribution in [0.25, 0.3) is 6.08 Å². The molecule has 3 amide bonds. The van der Waals surface area contributed by atoms with E-state index in [1.165, 1.54) is 28.4 Å². The van der Waals surface area contributed by atoms with Crippen molar-refractivity contribution in [3.63, 3.8) is 0 Å². The smallest absolute Gasteiger partial charge is 0.265 e. The highest BCUT2D eigenvalue weighted by molar-refractivity contribution is 7.80. The van der Waals surface area contributed by atoms with Gasteiger partial charge in [-0.05, 0) is 18.3 Å². The number of piperazine rings is 1. The molecular weight excluding hydrogens is 422 g/mol. The second kappa shape index (κ2) is 8.38. The van der Waals surface area contributed by atoms with Crippen molar-refractivity contribution in [2.45, 2.75) is 6.92 Å². The molecular formula is C17H18ClN5O3S2. The first-order valence-electron chi connectivity index (χ1n) is 8.48. The minimum Gasteiger partial charge on any atom is -0.344 e. The molecule has 0 unspecified atom stereocenters. The van der Waals surface area contributed by atoms with Gasteiger partial charge >= 0.3 is 0 Å². The van der Waals surface area contributed by atoms with Crippen LogP contribution in [0.4, 0.5) is 5.13 Å². The highest BCUT2D eigenvalue weighted by Gasteiger charge is 2.33. The second-order valence-corrected chi connectivity index (χ2v) is 7.92. The molecule has 0 bridgehead atoms. The number of hydrogen-bond donors (Lipinski definition) is 1. The lowest BCUT2D eigenvalue weighted by molar-refractivity contribution is -0.130. The van der Waals surface area contributed by atoms with Crippen LogP contribution in [0.1, 0.15) is 11.8 Å². The molecule has 1 aromatic rings. The van der Waals surface area contributed by atoms with Crippen LogP contribution in [-0.4, -0.2) is 70.3 Å².